The summed E-state index contributed by atoms with van der Waals surface area (Å²) in [5, 5.41) is 14.0. The molecule has 20 heavy (non-hydrogen) atoms. The standard InChI is InChI=1S/C15H19N3OS/c1-15(2,3)13-17-18-14(20-13)16-11-8-9-19-12-7-5-4-6-10(11)12/h4-7,11H,8-9H2,1-3H3,(H,16,18). The Morgan fingerprint density at radius 2 is 2.05 bits per heavy atom. The second-order valence-electron chi connectivity index (χ2n) is 6.03. The highest BCUT2D eigenvalue weighted by atomic mass is 32.1. The average molecular weight is 289 g/mol. The number of hydrogen-bond acceptors (Lipinski definition) is 5. The van der Waals surface area contributed by atoms with Crippen molar-refractivity contribution >= 4 is 16.5 Å². The predicted octanol–water partition coefficient (Wildman–Crippen LogP) is 3.77. The summed E-state index contributed by atoms with van der Waals surface area (Å²) in [7, 11) is 0. The molecular weight excluding hydrogens is 270 g/mol. The van der Waals surface area contributed by atoms with Crippen LogP contribution < -0.4 is 10.1 Å². The molecule has 0 bridgehead atoms. The molecule has 3 rings (SSSR count). The van der Waals surface area contributed by atoms with Crippen LogP contribution in [0.4, 0.5) is 5.13 Å². The molecular formula is C15H19N3OS. The monoisotopic (exact) mass is 289 g/mol. The van der Waals surface area contributed by atoms with Gasteiger partial charge < -0.3 is 10.1 Å². The molecule has 106 valence electrons. The lowest BCUT2D eigenvalue weighted by Gasteiger charge is -2.26. The van der Waals surface area contributed by atoms with Crippen LogP contribution in [0.25, 0.3) is 0 Å². The van der Waals surface area contributed by atoms with E-state index in [1.807, 2.05) is 18.2 Å². The lowest BCUT2D eigenvalue weighted by atomic mass is 9.98. The Hall–Kier alpha value is -1.62. The number of benzene rings is 1. The van der Waals surface area contributed by atoms with Gasteiger partial charge in [0.2, 0.25) is 5.13 Å². The van der Waals surface area contributed by atoms with E-state index in [2.05, 4.69) is 42.4 Å². The molecule has 1 aliphatic rings. The summed E-state index contributed by atoms with van der Waals surface area (Å²) in [5.74, 6) is 0.969. The highest BCUT2D eigenvalue weighted by molar-refractivity contribution is 7.15. The van der Waals surface area contributed by atoms with Crippen molar-refractivity contribution in [2.45, 2.75) is 38.6 Å². The maximum Gasteiger partial charge on any atom is 0.206 e. The lowest BCUT2D eigenvalue weighted by Crippen LogP contribution is -2.20. The van der Waals surface area contributed by atoms with E-state index in [1.165, 1.54) is 5.56 Å². The zero-order chi connectivity index (χ0) is 14.2. The zero-order valence-electron chi connectivity index (χ0n) is 12.0. The molecule has 0 aliphatic carbocycles. The first-order chi connectivity index (χ1) is 9.54. The molecule has 1 atom stereocenters. The van der Waals surface area contributed by atoms with E-state index < -0.39 is 0 Å². The summed E-state index contributed by atoms with van der Waals surface area (Å²) >= 11 is 1.63. The lowest BCUT2D eigenvalue weighted by molar-refractivity contribution is 0.274. The molecule has 5 heteroatoms. The molecule has 4 nitrogen and oxygen atoms in total. The normalized spacial score (nSPS) is 18.2. The molecule has 1 unspecified atom stereocenters. The van der Waals surface area contributed by atoms with Gasteiger partial charge in [-0.05, 0) is 6.07 Å². The van der Waals surface area contributed by atoms with Gasteiger partial charge in [0.15, 0.2) is 0 Å². The molecule has 0 fully saturated rings. The quantitative estimate of drug-likeness (QED) is 0.914. The maximum absolute atomic E-state index is 5.68. The molecule has 0 spiro atoms. The fourth-order valence-corrected chi connectivity index (χ4v) is 3.08. The van der Waals surface area contributed by atoms with Crippen molar-refractivity contribution in [3.8, 4) is 5.75 Å². The van der Waals surface area contributed by atoms with E-state index in [1.54, 1.807) is 11.3 Å². The molecule has 1 aromatic carbocycles. The molecule has 0 saturated carbocycles. The minimum absolute atomic E-state index is 0.0468. The Bertz CT molecular complexity index is 603. The van der Waals surface area contributed by atoms with Crippen molar-refractivity contribution < 1.29 is 4.74 Å². The van der Waals surface area contributed by atoms with E-state index in [9.17, 15) is 0 Å². The van der Waals surface area contributed by atoms with Crippen LogP contribution in [0, 0.1) is 0 Å². The number of para-hydroxylation sites is 1. The molecule has 1 aromatic heterocycles. The molecule has 2 aromatic rings. The smallest absolute Gasteiger partial charge is 0.206 e. The van der Waals surface area contributed by atoms with Gasteiger partial charge in [-0.15, -0.1) is 10.2 Å². The van der Waals surface area contributed by atoms with Gasteiger partial charge in [-0.25, -0.2) is 0 Å². The van der Waals surface area contributed by atoms with Gasteiger partial charge in [0, 0.05) is 17.4 Å². The molecule has 2 heterocycles. The first kappa shape index (κ1) is 13.4. The topological polar surface area (TPSA) is 47.0 Å². The Labute approximate surface area is 123 Å². The third kappa shape index (κ3) is 2.63. The van der Waals surface area contributed by atoms with E-state index >= 15 is 0 Å². The fraction of sp³-hybridized carbons (Fsp3) is 0.467. The van der Waals surface area contributed by atoms with Crippen molar-refractivity contribution in [3.05, 3.63) is 34.8 Å². The van der Waals surface area contributed by atoms with Crippen LogP contribution in [0.2, 0.25) is 0 Å². The second-order valence-corrected chi connectivity index (χ2v) is 7.01. The van der Waals surface area contributed by atoms with Gasteiger partial charge in [0.1, 0.15) is 10.8 Å². The van der Waals surface area contributed by atoms with Crippen molar-refractivity contribution in [2.24, 2.45) is 0 Å². The molecule has 0 amide bonds. The number of hydrogen-bond donors (Lipinski definition) is 1. The summed E-state index contributed by atoms with van der Waals surface area (Å²) in [4.78, 5) is 0. The number of fused-ring (bicyclic) bond motifs is 1. The highest BCUT2D eigenvalue weighted by Crippen LogP contribution is 2.35. The maximum atomic E-state index is 5.68. The van der Waals surface area contributed by atoms with E-state index in [4.69, 9.17) is 4.74 Å². The Morgan fingerprint density at radius 1 is 1.25 bits per heavy atom. The average Bonchev–Trinajstić information content (AvgIpc) is 2.88. The third-order valence-electron chi connectivity index (χ3n) is 3.32. The Balaban J connectivity index is 1.81. The van der Waals surface area contributed by atoms with Crippen LogP contribution in [0.15, 0.2) is 24.3 Å². The zero-order valence-corrected chi connectivity index (χ0v) is 12.8. The summed E-state index contributed by atoms with van der Waals surface area (Å²) in [6.07, 6.45) is 0.946. The number of nitrogens with zero attached hydrogens (tertiary/aromatic N) is 2. The van der Waals surface area contributed by atoms with Gasteiger partial charge in [-0.2, -0.15) is 0 Å². The molecule has 1 N–H and O–H groups in total. The predicted molar refractivity (Wildman–Crippen MR) is 81.5 cm³/mol. The van der Waals surface area contributed by atoms with E-state index in [-0.39, 0.29) is 11.5 Å². The van der Waals surface area contributed by atoms with Crippen LogP contribution in [0.1, 0.15) is 43.8 Å². The summed E-state index contributed by atoms with van der Waals surface area (Å²) in [6, 6.07) is 8.43. The van der Waals surface area contributed by atoms with Crippen LogP contribution in [-0.4, -0.2) is 16.8 Å². The van der Waals surface area contributed by atoms with Crippen LogP contribution in [0.3, 0.4) is 0 Å². The minimum Gasteiger partial charge on any atom is -0.493 e. The van der Waals surface area contributed by atoms with Crippen LogP contribution in [0.5, 0.6) is 5.75 Å². The number of nitrogens with one attached hydrogen (secondary N) is 1. The number of rotatable bonds is 2. The van der Waals surface area contributed by atoms with E-state index in [0.717, 1.165) is 28.9 Å². The number of anilines is 1. The van der Waals surface area contributed by atoms with Crippen molar-refractivity contribution in [1.82, 2.24) is 10.2 Å². The molecule has 0 saturated heterocycles. The second kappa shape index (κ2) is 5.05. The van der Waals surface area contributed by atoms with Crippen LogP contribution in [-0.2, 0) is 5.41 Å². The van der Waals surface area contributed by atoms with Gasteiger partial charge in [0.05, 0.1) is 12.6 Å². The highest BCUT2D eigenvalue weighted by Gasteiger charge is 2.24. The van der Waals surface area contributed by atoms with Crippen molar-refractivity contribution in [2.75, 3.05) is 11.9 Å². The van der Waals surface area contributed by atoms with Gasteiger partial charge in [-0.1, -0.05) is 50.3 Å². The largest absolute Gasteiger partial charge is 0.493 e. The van der Waals surface area contributed by atoms with Crippen molar-refractivity contribution in [1.29, 1.82) is 0 Å². The summed E-state index contributed by atoms with van der Waals surface area (Å²) < 4.78 is 5.68. The molecule has 0 radical (unpaired) electrons. The van der Waals surface area contributed by atoms with Crippen molar-refractivity contribution in [3.63, 3.8) is 0 Å². The summed E-state index contributed by atoms with van der Waals surface area (Å²) in [5.41, 5.74) is 1.25. The van der Waals surface area contributed by atoms with E-state index in [0.29, 0.717) is 0 Å². The molecule has 1 aliphatic heterocycles. The first-order valence-corrected chi connectivity index (χ1v) is 7.68. The first-order valence-electron chi connectivity index (χ1n) is 6.86. The Morgan fingerprint density at radius 3 is 2.80 bits per heavy atom. The minimum atomic E-state index is 0.0468. The Kier molecular flexibility index (Phi) is 3.38. The van der Waals surface area contributed by atoms with Gasteiger partial charge in [0.25, 0.3) is 0 Å². The number of ether oxygens (including phenoxy) is 1. The fourth-order valence-electron chi connectivity index (χ4n) is 2.23. The van der Waals surface area contributed by atoms with Gasteiger partial charge >= 0.3 is 0 Å². The van der Waals surface area contributed by atoms with Crippen LogP contribution >= 0.6 is 11.3 Å². The number of aromatic nitrogens is 2. The third-order valence-corrected chi connectivity index (χ3v) is 4.60. The SMILES string of the molecule is CC(C)(C)c1nnc(NC2CCOc3ccccc32)s1. The summed E-state index contributed by atoms with van der Waals surface area (Å²) in [6.45, 7) is 7.20. The van der Waals surface area contributed by atoms with Gasteiger partial charge in [-0.3, -0.25) is 0 Å².